The summed E-state index contributed by atoms with van der Waals surface area (Å²) < 4.78 is 26.2. The van der Waals surface area contributed by atoms with Crippen molar-refractivity contribution in [3.63, 3.8) is 0 Å². The molecule has 0 aliphatic carbocycles. The van der Waals surface area contributed by atoms with Gasteiger partial charge in [-0.15, -0.1) is 0 Å². The molecule has 7 nitrogen and oxygen atoms in total. The van der Waals surface area contributed by atoms with Gasteiger partial charge in [0, 0.05) is 17.6 Å². The van der Waals surface area contributed by atoms with Crippen LogP contribution in [-0.2, 0) is 16.3 Å². The van der Waals surface area contributed by atoms with Gasteiger partial charge in [0.1, 0.15) is 5.82 Å². The lowest BCUT2D eigenvalue weighted by Crippen LogP contribution is -2.06. The Kier molecular flexibility index (Phi) is 5.51. The van der Waals surface area contributed by atoms with E-state index >= 15 is 0 Å². The molecule has 0 radical (unpaired) electrons. The number of nitrogen functional groups attached to an aromatic ring is 2. The lowest BCUT2D eigenvalue weighted by Gasteiger charge is -2.10. The molecule has 1 aromatic heterocycles. The summed E-state index contributed by atoms with van der Waals surface area (Å²) in [4.78, 5) is 8.76. The number of anilines is 3. The van der Waals surface area contributed by atoms with Gasteiger partial charge in [-0.2, -0.15) is 4.98 Å². The van der Waals surface area contributed by atoms with Gasteiger partial charge in [-0.05, 0) is 65.2 Å². The van der Waals surface area contributed by atoms with E-state index < -0.39 is 9.84 Å². The van der Waals surface area contributed by atoms with Crippen LogP contribution in [0.1, 0.15) is 5.56 Å². The predicted molar refractivity (Wildman–Crippen MR) is 136 cm³/mol. The number of sulfone groups is 1. The third-order valence-corrected chi connectivity index (χ3v) is 7.52. The molecule has 5 aromatic rings. The van der Waals surface area contributed by atoms with Crippen molar-refractivity contribution in [3.05, 3.63) is 90.5 Å². The van der Waals surface area contributed by atoms with Gasteiger partial charge >= 0.3 is 0 Å². The molecular formula is C26H23N5O2S. The highest BCUT2D eigenvalue weighted by Gasteiger charge is 2.17. The summed E-state index contributed by atoms with van der Waals surface area (Å²) in [5, 5.41) is 6.00. The second-order valence-corrected chi connectivity index (χ2v) is 9.98. The first-order chi connectivity index (χ1) is 16.4. The summed E-state index contributed by atoms with van der Waals surface area (Å²) in [6.07, 6.45) is 0.724. The zero-order valence-electron chi connectivity index (χ0n) is 18.3. The number of hydrogen-bond acceptors (Lipinski definition) is 7. The van der Waals surface area contributed by atoms with Crippen LogP contribution in [0.5, 0.6) is 0 Å². The van der Waals surface area contributed by atoms with Gasteiger partial charge in [-0.25, -0.2) is 13.4 Å². The van der Waals surface area contributed by atoms with Crippen molar-refractivity contribution in [3.8, 4) is 0 Å². The molecule has 0 saturated carbocycles. The Morgan fingerprint density at radius 2 is 1.50 bits per heavy atom. The molecule has 34 heavy (non-hydrogen) atoms. The maximum absolute atomic E-state index is 13.1. The number of fused-ring (bicyclic) bond motifs is 2. The molecule has 0 fully saturated rings. The van der Waals surface area contributed by atoms with Crippen LogP contribution in [0.4, 0.5) is 17.5 Å². The largest absolute Gasteiger partial charge is 0.385 e. The summed E-state index contributed by atoms with van der Waals surface area (Å²) in [6.45, 7) is 0.665. The van der Waals surface area contributed by atoms with E-state index in [2.05, 4.69) is 15.3 Å². The van der Waals surface area contributed by atoms with Crippen molar-refractivity contribution >= 4 is 49.0 Å². The van der Waals surface area contributed by atoms with Crippen molar-refractivity contribution in [2.24, 2.45) is 0 Å². The second-order valence-electron chi connectivity index (χ2n) is 8.03. The van der Waals surface area contributed by atoms with Gasteiger partial charge in [-0.1, -0.05) is 42.5 Å². The van der Waals surface area contributed by atoms with E-state index in [0.29, 0.717) is 22.8 Å². The van der Waals surface area contributed by atoms with Crippen LogP contribution in [0.15, 0.2) is 94.7 Å². The summed E-state index contributed by atoms with van der Waals surface area (Å²) in [5.74, 6) is 0.492. The SMILES string of the molecule is Nc1nc(N)c2cc(NCCc3ccc(S(=O)(=O)c4ccc5ccccc5c4)cc3)ccc2n1. The molecule has 4 aromatic carbocycles. The Labute approximate surface area is 197 Å². The Hall–Kier alpha value is -4.17. The van der Waals surface area contributed by atoms with E-state index in [1.54, 1.807) is 24.3 Å². The molecule has 0 bridgehead atoms. The lowest BCUT2D eigenvalue weighted by atomic mass is 10.1. The molecule has 0 aliphatic rings. The summed E-state index contributed by atoms with van der Waals surface area (Å²) in [7, 11) is -3.59. The molecule has 170 valence electrons. The lowest BCUT2D eigenvalue weighted by molar-refractivity contribution is 0.596. The van der Waals surface area contributed by atoms with Crippen molar-refractivity contribution in [1.82, 2.24) is 9.97 Å². The van der Waals surface area contributed by atoms with Gasteiger partial charge in [0.05, 0.1) is 15.3 Å². The number of aromatic nitrogens is 2. The molecule has 0 spiro atoms. The Bertz CT molecular complexity index is 1620. The number of rotatable bonds is 6. The molecule has 0 aliphatic heterocycles. The molecule has 0 atom stereocenters. The van der Waals surface area contributed by atoms with Crippen molar-refractivity contribution in [2.75, 3.05) is 23.3 Å². The summed E-state index contributed by atoms with van der Waals surface area (Å²) in [5.41, 5.74) is 14.2. The van der Waals surface area contributed by atoms with Crippen LogP contribution >= 0.6 is 0 Å². The summed E-state index contributed by atoms with van der Waals surface area (Å²) >= 11 is 0. The van der Waals surface area contributed by atoms with E-state index in [-0.39, 0.29) is 10.8 Å². The average Bonchev–Trinajstić information content (AvgIpc) is 2.84. The zero-order chi connectivity index (χ0) is 23.7. The maximum atomic E-state index is 13.1. The molecule has 8 heteroatoms. The van der Waals surface area contributed by atoms with Crippen LogP contribution in [-0.4, -0.2) is 24.9 Å². The van der Waals surface area contributed by atoms with Crippen molar-refractivity contribution in [2.45, 2.75) is 16.2 Å². The van der Waals surface area contributed by atoms with Gasteiger partial charge in [0.15, 0.2) is 0 Å². The van der Waals surface area contributed by atoms with Gasteiger partial charge in [-0.3, -0.25) is 0 Å². The van der Waals surface area contributed by atoms with Crippen molar-refractivity contribution in [1.29, 1.82) is 0 Å². The van der Waals surface area contributed by atoms with Gasteiger partial charge in [0.2, 0.25) is 15.8 Å². The highest BCUT2D eigenvalue weighted by molar-refractivity contribution is 7.91. The standard InChI is InChI=1S/C26H23N5O2S/c27-25-23-16-20(8-12-24(23)30-26(28)31-25)29-14-13-17-5-9-21(10-6-17)34(32,33)22-11-7-18-3-1-2-4-19(18)15-22/h1-12,15-16,29H,13-14H2,(H4,27,28,30,31). The minimum Gasteiger partial charge on any atom is -0.385 e. The van der Waals surface area contributed by atoms with E-state index in [1.165, 1.54) is 0 Å². The van der Waals surface area contributed by atoms with Crippen LogP contribution in [0.3, 0.4) is 0 Å². The highest BCUT2D eigenvalue weighted by atomic mass is 32.2. The Balaban J connectivity index is 1.27. The maximum Gasteiger partial charge on any atom is 0.222 e. The average molecular weight is 470 g/mol. The first kappa shape index (κ1) is 21.7. The minimum atomic E-state index is -3.59. The first-order valence-corrected chi connectivity index (χ1v) is 12.3. The van der Waals surface area contributed by atoms with Crippen LogP contribution in [0, 0.1) is 0 Å². The van der Waals surface area contributed by atoms with Crippen LogP contribution < -0.4 is 16.8 Å². The molecule has 1 heterocycles. The number of nitrogens with zero attached hydrogens (tertiary/aromatic N) is 2. The molecule has 0 amide bonds. The Morgan fingerprint density at radius 1 is 0.765 bits per heavy atom. The minimum absolute atomic E-state index is 0.150. The van der Waals surface area contributed by atoms with Crippen molar-refractivity contribution < 1.29 is 8.42 Å². The normalized spacial score (nSPS) is 11.6. The topological polar surface area (TPSA) is 124 Å². The molecule has 0 saturated heterocycles. The third kappa shape index (κ3) is 4.23. The third-order valence-electron chi connectivity index (χ3n) is 5.75. The fraction of sp³-hybridized carbons (Fsp3) is 0.0769. The molecule has 0 unspecified atom stereocenters. The Morgan fingerprint density at radius 3 is 2.29 bits per heavy atom. The monoisotopic (exact) mass is 469 g/mol. The van der Waals surface area contributed by atoms with E-state index in [1.807, 2.05) is 60.7 Å². The number of nitrogens with one attached hydrogen (secondary N) is 1. The van der Waals surface area contributed by atoms with Crippen LogP contribution in [0.25, 0.3) is 21.7 Å². The first-order valence-electron chi connectivity index (χ1n) is 10.8. The number of benzene rings is 4. The van der Waals surface area contributed by atoms with E-state index in [4.69, 9.17) is 11.5 Å². The smallest absolute Gasteiger partial charge is 0.222 e. The number of nitrogens with two attached hydrogens (primary N) is 2. The number of hydrogen-bond donors (Lipinski definition) is 3. The predicted octanol–water partition coefficient (Wildman–Crippen LogP) is 4.43. The zero-order valence-corrected chi connectivity index (χ0v) is 19.1. The van der Waals surface area contributed by atoms with E-state index in [0.717, 1.165) is 33.8 Å². The molecule has 5 N–H and O–H groups in total. The second kappa shape index (κ2) is 8.64. The van der Waals surface area contributed by atoms with Gasteiger partial charge in [0.25, 0.3) is 0 Å². The molecule has 5 rings (SSSR count). The quantitative estimate of drug-likeness (QED) is 0.336. The fourth-order valence-electron chi connectivity index (χ4n) is 3.94. The highest BCUT2D eigenvalue weighted by Crippen LogP contribution is 2.26. The van der Waals surface area contributed by atoms with Gasteiger partial charge < -0.3 is 16.8 Å². The molecular weight excluding hydrogens is 446 g/mol. The summed E-state index contributed by atoms with van der Waals surface area (Å²) in [6, 6.07) is 25.6. The van der Waals surface area contributed by atoms with Crippen LogP contribution in [0.2, 0.25) is 0 Å². The van der Waals surface area contributed by atoms with E-state index in [9.17, 15) is 8.42 Å². The fourth-order valence-corrected chi connectivity index (χ4v) is 5.23.